The quantitative estimate of drug-likeness (QED) is 0.150. The highest BCUT2D eigenvalue weighted by Gasteiger charge is 2.12. The van der Waals surface area contributed by atoms with Crippen molar-refractivity contribution in [1.82, 2.24) is 0 Å². The SMILES string of the molecule is CSCCCCCCCCCCCCCCCOCC(CC(C)C)OCc1ccccc1. The zero-order valence-corrected chi connectivity index (χ0v) is 22.3. The Bertz CT molecular complexity index is 491. The van der Waals surface area contributed by atoms with Crippen molar-refractivity contribution in [3.8, 4) is 0 Å². The summed E-state index contributed by atoms with van der Waals surface area (Å²) in [6, 6.07) is 10.4. The average molecular weight is 465 g/mol. The lowest BCUT2D eigenvalue weighted by Crippen LogP contribution is -2.22. The summed E-state index contributed by atoms with van der Waals surface area (Å²) < 4.78 is 12.1. The van der Waals surface area contributed by atoms with Gasteiger partial charge in [0.1, 0.15) is 0 Å². The Morgan fingerprint density at radius 1 is 0.719 bits per heavy atom. The fourth-order valence-corrected chi connectivity index (χ4v) is 4.60. The lowest BCUT2D eigenvalue weighted by molar-refractivity contribution is -0.0346. The van der Waals surface area contributed by atoms with Crippen molar-refractivity contribution >= 4 is 11.8 Å². The number of ether oxygens (including phenoxy) is 2. The Hall–Kier alpha value is -0.510. The summed E-state index contributed by atoms with van der Waals surface area (Å²) in [7, 11) is 0. The van der Waals surface area contributed by atoms with Crippen molar-refractivity contribution in [2.75, 3.05) is 25.2 Å². The molecule has 0 amide bonds. The van der Waals surface area contributed by atoms with Gasteiger partial charge in [-0.25, -0.2) is 0 Å². The fourth-order valence-electron chi connectivity index (χ4n) is 4.11. The molecule has 0 radical (unpaired) electrons. The molecule has 0 spiro atoms. The Morgan fingerprint density at radius 3 is 1.78 bits per heavy atom. The normalized spacial score (nSPS) is 12.5. The van der Waals surface area contributed by atoms with Gasteiger partial charge < -0.3 is 9.47 Å². The highest BCUT2D eigenvalue weighted by molar-refractivity contribution is 7.98. The van der Waals surface area contributed by atoms with Gasteiger partial charge >= 0.3 is 0 Å². The van der Waals surface area contributed by atoms with E-state index in [0.29, 0.717) is 12.5 Å². The second kappa shape index (κ2) is 22.3. The molecule has 0 aromatic heterocycles. The lowest BCUT2D eigenvalue weighted by Gasteiger charge is -2.20. The second-order valence-electron chi connectivity index (χ2n) is 9.71. The van der Waals surface area contributed by atoms with E-state index in [9.17, 15) is 0 Å². The number of unbranched alkanes of at least 4 members (excludes halogenated alkanes) is 12. The van der Waals surface area contributed by atoms with Gasteiger partial charge in [-0.1, -0.05) is 115 Å². The first-order valence-electron chi connectivity index (χ1n) is 13.4. The molecule has 1 unspecified atom stereocenters. The molecule has 0 heterocycles. The van der Waals surface area contributed by atoms with Gasteiger partial charge in [0.25, 0.3) is 0 Å². The molecule has 2 nitrogen and oxygen atoms in total. The summed E-state index contributed by atoms with van der Waals surface area (Å²) in [6.45, 7) is 6.79. The van der Waals surface area contributed by atoms with Gasteiger partial charge in [0, 0.05) is 6.61 Å². The minimum absolute atomic E-state index is 0.200. The predicted molar refractivity (Wildman–Crippen MR) is 144 cm³/mol. The van der Waals surface area contributed by atoms with Gasteiger partial charge in [0.2, 0.25) is 0 Å². The van der Waals surface area contributed by atoms with Crippen LogP contribution in [-0.2, 0) is 16.1 Å². The van der Waals surface area contributed by atoms with Crippen molar-refractivity contribution in [2.24, 2.45) is 5.92 Å². The molecule has 186 valence electrons. The third-order valence-electron chi connectivity index (χ3n) is 6.00. The summed E-state index contributed by atoms with van der Waals surface area (Å²) in [5.41, 5.74) is 1.24. The molecule has 0 saturated carbocycles. The molecular formula is C29H52O2S. The number of rotatable bonds is 23. The minimum atomic E-state index is 0.200. The van der Waals surface area contributed by atoms with Crippen molar-refractivity contribution in [3.05, 3.63) is 35.9 Å². The maximum Gasteiger partial charge on any atom is 0.0815 e. The van der Waals surface area contributed by atoms with Crippen LogP contribution in [0.25, 0.3) is 0 Å². The van der Waals surface area contributed by atoms with E-state index in [2.05, 4.69) is 50.4 Å². The number of thioether (sulfide) groups is 1. The van der Waals surface area contributed by atoms with Crippen molar-refractivity contribution in [1.29, 1.82) is 0 Å². The van der Waals surface area contributed by atoms with E-state index in [1.165, 1.54) is 94.8 Å². The van der Waals surface area contributed by atoms with Gasteiger partial charge in [0.15, 0.2) is 0 Å². The molecule has 0 fully saturated rings. The third kappa shape index (κ3) is 19.0. The predicted octanol–water partition coefficient (Wildman–Crippen LogP) is 9.07. The fraction of sp³-hybridized carbons (Fsp3) is 0.793. The van der Waals surface area contributed by atoms with Crippen LogP contribution in [-0.4, -0.2) is 31.3 Å². The lowest BCUT2D eigenvalue weighted by atomic mass is 10.0. The molecule has 0 saturated heterocycles. The van der Waals surface area contributed by atoms with Crippen LogP contribution in [0.1, 0.15) is 109 Å². The van der Waals surface area contributed by atoms with E-state index >= 15 is 0 Å². The molecule has 0 aliphatic carbocycles. The first-order chi connectivity index (χ1) is 15.7. The zero-order valence-electron chi connectivity index (χ0n) is 21.5. The average Bonchev–Trinajstić information content (AvgIpc) is 2.79. The van der Waals surface area contributed by atoms with E-state index in [1.54, 1.807) is 0 Å². The molecular weight excluding hydrogens is 412 g/mol. The Morgan fingerprint density at radius 2 is 1.25 bits per heavy atom. The van der Waals surface area contributed by atoms with Crippen LogP contribution in [0.2, 0.25) is 0 Å². The van der Waals surface area contributed by atoms with Crippen LogP contribution >= 0.6 is 11.8 Å². The summed E-state index contributed by atoms with van der Waals surface area (Å²) in [5, 5.41) is 0. The van der Waals surface area contributed by atoms with Crippen molar-refractivity contribution in [3.63, 3.8) is 0 Å². The molecule has 0 N–H and O–H groups in total. The van der Waals surface area contributed by atoms with E-state index in [-0.39, 0.29) is 6.10 Å². The van der Waals surface area contributed by atoms with Crippen molar-refractivity contribution in [2.45, 2.75) is 116 Å². The maximum absolute atomic E-state index is 6.14. The summed E-state index contributed by atoms with van der Waals surface area (Å²) in [6.07, 6.45) is 21.6. The largest absolute Gasteiger partial charge is 0.379 e. The van der Waals surface area contributed by atoms with E-state index in [0.717, 1.165) is 19.6 Å². The highest BCUT2D eigenvalue weighted by atomic mass is 32.2. The highest BCUT2D eigenvalue weighted by Crippen LogP contribution is 2.14. The topological polar surface area (TPSA) is 18.5 Å². The first-order valence-corrected chi connectivity index (χ1v) is 14.8. The third-order valence-corrected chi connectivity index (χ3v) is 6.70. The molecule has 1 atom stereocenters. The Kier molecular flexibility index (Phi) is 20.6. The van der Waals surface area contributed by atoms with Crippen LogP contribution < -0.4 is 0 Å². The molecule has 0 aliphatic rings. The van der Waals surface area contributed by atoms with Gasteiger partial charge in [-0.15, -0.1) is 0 Å². The van der Waals surface area contributed by atoms with Gasteiger partial charge in [0.05, 0.1) is 19.3 Å². The minimum Gasteiger partial charge on any atom is -0.379 e. The standard InChI is InChI=1S/C29H52O2S/c1-27(2)24-29(31-25-28-20-16-15-17-21-28)26-30-22-18-13-11-9-7-5-4-6-8-10-12-14-19-23-32-3/h15-17,20-21,27,29H,4-14,18-19,22-26H2,1-3H3. The monoisotopic (exact) mass is 464 g/mol. The van der Waals surface area contributed by atoms with Gasteiger partial charge in [-0.2, -0.15) is 11.8 Å². The second-order valence-corrected chi connectivity index (χ2v) is 10.7. The van der Waals surface area contributed by atoms with Crippen LogP contribution in [0.15, 0.2) is 30.3 Å². The van der Waals surface area contributed by atoms with E-state index in [1.807, 2.05) is 11.8 Å². The summed E-state index contributed by atoms with van der Waals surface area (Å²) >= 11 is 1.98. The summed E-state index contributed by atoms with van der Waals surface area (Å²) in [4.78, 5) is 0. The number of hydrogen-bond acceptors (Lipinski definition) is 3. The van der Waals surface area contributed by atoms with E-state index < -0.39 is 0 Å². The van der Waals surface area contributed by atoms with Crippen LogP contribution in [0.5, 0.6) is 0 Å². The number of benzene rings is 1. The Labute approximate surface area is 204 Å². The summed E-state index contributed by atoms with van der Waals surface area (Å²) in [5.74, 6) is 1.97. The zero-order chi connectivity index (χ0) is 23.1. The van der Waals surface area contributed by atoms with Crippen LogP contribution in [0.4, 0.5) is 0 Å². The molecule has 1 aromatic rings. The van der Waals surface area contributed by atoms with Gasteiger partial charge in [-0.05, 0) is 42.8 Å². The molecule has 3 heteroatoms. The molecule has 0 aliphatic heterocycles. The van der Waals surface area contributed by atoms with Crippen LogP contribution in [0.3, 0.4) is 0 Å². The maximum atomic E-state index is 6.14. The Balaban J connectivity index is 1.89. The molecule has 1 aromatic carbocycles. The number of hydrogen-bond donors (Lipinski definition) is 0. The van der Waals surface area contributed by atoms with Crippen molar-refractivity contribution < 1.29 is 9.47 Å². The van der Waals surface area contributed by atoms with Gasteiger partial charge in [-0.3, -0.25) is 0 Å². The van der Waals surface area contributed by atoms with E-state index in [4.69, 9.17) is 9.47 Å². The van der Waals surface area contributed by atoms with Crippen LogP contribution in [0, 0.1) is 5.92 Å². The first kappa shape index (κ1) is 29.5. The smallest absolute Gasteiger partial charge is 0.0815 e. The molecule has 32 heavy (non-hydrogen) atoms. The molecule has 1 rings (SSSR count). The molecule has 0 bridgehead atoms.